The summed E-state index contributed by atoms with van der Waals surface area (Å²) in [4.78, 5) is 42.2. The molecule has 2 aromatic rings. The predicted octanol–water partition coefficient (Wildman–Crippen LogP) is 1.75. The molecule has 26 heavy (non-hydrogen) atoms. The molecular formula is C18H19N3O5. The van der Waals surface area contributed by atoms with Crippen LogP contribution in [-0.2, 0) is 11.3 Å². The van der Waals surface area contributed by atoms with Gasteiger partial charge in [0.15, 0.2) is 0 Å². The van der Waals surface area contributed by atoms with E-state index in [-0.39, 0.29) is 17.8 Å². The van der Waals surface area contributed by atoms with Gasteiger partial charge in [-0.25, -0.2) is 9.59 Å². The van der Waals surface area contributed by atoms with E-state index in [0.29, 0.717) is 17.7 Å². The Bertz CT molecular complexity index is 985. The lowest BCUT2D eigenvalue weighted by Crippen LogP contribution is -2.33. The van der Waals surface area contributed by atoms with Crippen molar-refractivity contribution in [2.24, 2.45) is 4.99 Å². The maximum Gasteiger partial charge on any atom is 0.337 e. The fourth-order valence-corrected chi connectivity index (χ4v) is 2.41. The van der Waals surface area contributed by atoms with Crippen LogP contribution in [0.1, 0.15) is 29.3 Å². The van der Waals surface area contributed by atoms with Crippen molar-refractivity contribution in [1.82, 2.24) is 9.55 Å². The average molecular weight is 357 g/mol. The molecule has 0 fully saturated rings. The highest BCUT2D eigenvalue weighted by molar-refractivity contribution is 6.03. The molecule has 1 aromatic carbocycles. The van der Waals surface area contributed by atoms with Crippen molar-refractivity contribution in [3.05, 3.63) is 68.9 Å². The molecule has 0 spiro atoms. The number of carbonyl (C=O) groups excluding carboxylic acids is 1. The van der Waals surface area contributed by atoms with Crippen LogP contribution in [0, 0.1) is 0 Å². The molecule has 1 aromatic heterocycles. The number of nitrogens with zero attached hydrogens (tertiary/aromatic N) is 2. The second-order valence-corrected chi connectivity index (χ2v) is 5.31. The van der Waals surface area contributed by atoms with Crippen molar-refractivity contribution < 1.29 is 14.6 Å². The van der Waals surface area contributed by atoms with Gasteiger partial charge in [-0.3, -0.25) is 19.3 Å². The minimum Gasteiger partial charge on any atom is -0.494 e. The number of aromatic amines is 1. The molecule has 136 valence electrons. The quantitative estimate of drug-likeness (QED) is 0.464. The molecule has 8 heteroatoms. The molecule has 8 nitrogen and oxygen atoms in total. The standard InChI is InChI=1S/C18H19N3O5/c1-4-9-21-16(23)14(15(22)20-18(21)25)13(5-2)19-12-8-6-7-11(10-12)17(24)26-3/h4,6-8,10,23H,1,5,9H2,2-3H3,(H,20,22,25). The van der Waals surface area contributed by atoms with Crippen molar-refractivity contribution in [3.63, 3.8) is 0 Å². The third-order valence-electron chi connectivity index (χ3n) is 3.64. The first-order chi connectivity index (χ1) is 12.4. The first kappa shape index (κ1) is 18.9. The number of carbonyl (C=O) groups is 1. The molecule has 0 amide bonds. The topological polar surface area (TPSA) is 114 Å². The molecule has 0 aliphatic rings. The lowest BCUT2D eigenvalue weighted by Gasteiger charge is -2.11. The number of methoxy groups -OCH3 is 1. The number of H-pyrrole nitrogens is 1. The summed E-state index contributed by atoms with van der Waals surface area (Å²) in [6.45, 7) is 5.31. The average Bonchev–Trinajstić information content (AvgIpc) is 2.63. The van der Waals surface area contributed by atoms with Crippen LogP contribution < -0.4 is 11.2 Å². The molecule has 0 saturated carbocycles. The maximum atomic E-state index is 12.2. The van der Waals surface area contributed by atoms with E-state index in [9.17, 15) is 19.5 Å². The van der Waals surface area contributed by atoms with Crippen LogP contribution in [0.15, 0.2) is 51.5 Å². The van der Waals surface area contributed by atoms with Gasteiger partial charge in [0.05, 0.1) is 24.1 Å². The summed E-state index contributed by atoms with van der Waals surface area (Å²) in [7, 11) is 1.27. The molecule has 0 saturated heterocycles. The molecule has 1 heterocycles. The van der Waals surface area contributed by atoms with Crippen molar-refractivity contribution >= 4 is 17.4 Å². The van der Waals surface area contributed by atoms with E-state index < -0.39 is 23.1 Å². The van der Waals surface area contributed by atoms with Crippen LogP contribution in [0.3, 0.4) is 0 Å². The number of aliphatic imine (C=N–C) groups is 1. The number of ether oxygens (including phenoxy) is 1. The highest BCUT2D eigenvalue weighted by atomic mass is 16.5. The fourth-order valence-electron chi connectivity index (χ4n) is 2.41. The number of hydrogen-bond acceptors (Lipinski definition) is 6. The van der Waals surface area contributed by atoms with Crippen LogP contribution in [0.25, 0.3) is 0 Å². The Morgan fingerprint density at radius 1 is 1.42 bits per heavy atom. The van der Waals surface area contributed by atoms with Crippen molar-refractivity contribution in [3.8, 4) is 5.88 Å². The minimum atomic E-state index is -0.738. The van der Waals surface area contributed by atoms with E-state index in [4.69, 9.17) is 0 Å². The largest absolute Gasteiger partial charge is 0.494 e. The monoisotopic (exact) mass is 357 g/mol. The van der Waals surface area contributed by atoms with E-state index in [1.165, 1.54) is 19.3 Å². The fraction of sp³-hybridized carbons (Fsp3) is 0.222. The molecule has 0 unspecified atom stereocenters. The van der Waals surface area contributed by atoms with Crippen molar-refractivity contribution in [2.75, 3.05) is 7.11 Å². The van der Waals surface area contributed by atoms with Gasteiger partial charge in [-0.15, -0.1) is 6.58 Å². The summed E-state index contributed by atoms with van der Waals surface area (Å²) in [5.41, 5.74) is -0.596. The molecule has 2 N–H and O–H groups in total. The van der Waals surface area contributed by atoms with Gasteiger partial charge < -0.3 is 9.84 Å². The maximum absolute atomic E-state index is 12.2. The molecule has 0 atom stereocenters. The smallest absolute Gasteiger partial charge is 0.337 e. The van der Waals surface area contributed by atoms with Crippen molar-refractivity contribution in [1.29, 1.82) is 0 Å². The molecule has 2 rings (SSSR count). The number of aromatic hydroxyl groups is 1. The van der Waals surface area contributed by atoms with Crippen LogP contribution in [0.2, 0.25) is 0 Å². The van der Waals surface area contributed by atoms with Crippen molar-refractivity contribution in [2.45, 2.75) is 19.9 Å². The first-order valence-corrected chi connectivity index (χ1v) is 7.86. The van der Waals surface area contributed by atoms with E-state index >= 15 is 0 Å². The lowest BCUT2D eigenvalue weighted by atomic mass is 10.1. The van der Waals surface area contributed by atoms with Crippen LogP contribution >= 0.6 is 0 Å². The summed E-state index contributed by atoms with van der Waals surface area (Å²) in [5, 5.41) is 10.4. The van der Waals surface area contributed by atoms with Gasteiger partial charge in [0.1, 0.15) is 5.56 Å². The number of nitrogens with one attached hydrogen (secondary N) is 1. The highest BCUT2D eigenvalue weighted by Crippen LogP contribution is 2.20. The Kier molecular flexibility index (Phi) is 5.90. The molecule has 0 bridgehead atoms. The van der Waals surface area contributed by atoms with E-state index in [0.717, 1.165) is 4.57 Å². The van der Waals surface area contributed by atoms with E-state index in [1.807, 2.05) is 0 Å². The minimum absolute atomic E-state index is 0.0310. The van der Waals surface area contributed by atoms with Gasteiger partial charge in [-0.05, 0) is 24.6 Å². The van der Waals surface area contributed by atoms with Gasteiger partial charge in [0.25, 0.3) is 5.56 Å². The van der Waals surface area contributed by atoms with Gasteiger partial charge >= 0.3 is 11.7 Å². The molecule has 0 aliphatic carbocycles. The van der Waals surface area contributed by atoms with Gasteiger partial charge in [0.2, 0.25) is 5.88 Å². The summed E-state index contributed by atoms with van der Waals surface area (Å²) < 4.78 is 5.66. The Morgan fingerprint density at radius 3 is 2.77 bits per heavy atom. The molecule has 0 aliphatic heterocycles. The lowest BCUT2D eigenvalue weighted by molar-refractivity contribution is 0.0600. The highest BCUT2D eigenvalue weighted by Gasteiger charge is 2.18. The van der Waals surface area contributed by atoms with Gasteiger partial charge in [-0.2, -0.15) is 0 Å². The number of aromatic nitrogens is 2. The Labute approximate surface area is 149 Å². The SMILES string of the molecule is C=CCn1c(O)c(C(CC)=Nc2cccc(C(=O)OC)c2)c(=O)[nH]c1=O. The number of allylic oxidation sites excluding steroid dienone is 1. The van der Waals surface area contributed by atoms with Crippen LogP contribution in [0.5, 0.6) is 5.88 Å². The predicted molar refractivity (Wildman–Crippen MR) is 97.5 cm³/mol. The summed E-state index contributed by atoms with van der Waals surface area (Å²) >= 11 is 0. The second kappa shape index (κ2) is 8.11. The zero-order chi connectivity index (χ0) is 19.3. The molecule has 0 radical (unpaired) electrons. The summed E-state index contributed by atoms with van der Waals surface area (Å²) in [6, 6.07) is 6.35. The van der Waals surface area contributed by atoms with Gasteiger partial charge in [0, 0.05) is 6.54 Å². The number of hydrogen-bond donors (Lipinski definition) is 2. The Balaban J connectivity index is 2.62. The number of esters is 1. The summed E-state index contributed by atoms with van der Waals surface area (Å²) in [6.07, 6.45) is 1.73. The van der Waals surface area contributed by atoms with Crippen LogP contribution in [-0.4, -0.2) is 33.4 Å². The number of benzene rings is 1. The second-order valence-electron chi connectivity index (χ2n) is 5.31. The Morgan fingerprint density at radius 2 is 2.15 bits per heavy atom. The third-order valence-corrected chi connectivity index (χ3v) is 3.64. The number of rotatable bonds is 6. The summed E-state index contributed by atoms with van der Waals surface area (Å²) in [5.74, 6) is -0.997. The van der Waals surface area contributed by atoms with Gasteiger partial charge in [-0.1, -0.05) is 19.1 Å². The molecular weight excluding hydrogens is 338 g/mol. The first-order valence-electron chi connectivity index (χ1n) is 7.86. The van der Waals surface area contributed by atoms with E-state index in [1.54, 1.807) is 25.1 Å². The Hall–Kier alpha value is -3.42. The third kappa shape index (κ3) is 3.80. The zero-order valence-electron chi connectivity index (χ0n) is 14.5. The normalized spacial score (nSPS) is 11.2. The van der Waals surface area contributed by atoms with Crippen LogP contribution in [0.4, 0.5) is 5.69 Å². The van der Waals surface area contributed by atoms with E-state index in [2.05, 4.69) is 21.3 Å². The zero-order valence-corrected chi connectivity index (χ0v) is 14.5.